The van der Waals surface area contributed by atoms with E-state index in [0.717, 1.165) is 4.57 Å². The summed E-state index contributed by atoms with van der Waals surface area (Å²) in [5, 5.41) is 20.4. The second kappa shape index (κ2) is 11.3. The van der Waals surface area contributed by atoms with E-state index in [-0.39, 0.29) is 23.5 Å². The van der Waals surface area contributed by atoms with E-state index < -0.39 is 36.3 Å². The molecular formula is C27H36BFN4O6. The van der Waals surface area contributed by atoms with Gasteiger partial charge in [-0.05, 0) is 97.1 Å². The molecule has 1 aromatic carbocycles. The maximum Gasteiger partial charge on any atom is 0.506 e. The Kier molecular flexibility index (Phi) is 8.74. The summed E-state index contributed by atoms with van der Waals surface area (Å²) in [5.41, 5.74) is -0.534. The summed E-state index contributed by atoms with van der Waals surface area (Å²) in [6.45, 7) is 11.1. The molecule has 2 aromatic heterocycles. The van der Waals surface area contributed by atoms with Crippen LogP contribution in [0.5, 0.6) is 0 Å². The average molecular weight is 542 g/mol. The lowest BCUT2D eigenvalue weighted by Crippen LogP contribution is -2.41. The van der Waals surface area contributed by atoms with E-state index in [1.807, 2.05) is 19.0 Å². The van der Waals surface area contributed by atoms with Crippen LogP contribution in [-0.2, 0) is 9.47 Å². The molecule has 0 radical (unpaired) electrons. The normalized spacial score (nSPS) is 12.1. The largest absolute Gasteiger partial charge is 0.506 e. The molecule has 0 fully saturated rings. The number of benzene rings is 1. The second-order valence-corrected chi connectivity index (χ2v) is 11.5. The SMILES string of the molecule is CN(C)CCN(C(=O)OC(C)(C)C)c1cc(F)cc(-c2ccnc3c2cc(B(O)O)n3C(=O)OC(C)(C)C)c1. The first kappa shape index (κ1) is 30.1. The first-order valence-electron chi connectivity index (χ1n) is 12.5. The topological polar surface area (TPSA) is 117 Å². The Morgan fingerprint density at radius 2 is 1.64 bits per heavy atom. The van der Waals surface area contributed by atoms with Crippen LogP contribution in [0.25, 0.3) is 22.2 Å². The highest BCUT2D eigenvalue weighted by atomic mass is 19.1. The summed E-state index contributed by atoms with van der Waals surface area (Å²) in [7, 11) is 1.72. The van der Waals surface area contributed by atoms with Crippen molar-refractivity contribution in [2.24, 2.45) is 0 Å². The molecule has 12 heteroatoms. The molecule has 0 saturated carbocycles. The van der Waals surface area contributed by atoms with Gasteiger partial charge in [0.05, 0.1) is 11.3 Å². The fourth-order valence-corrected chi connectivity index (χ4v) is 3.89. The van der Waals surface area contributed by atoms with E-state index in [9.17, 15) is 19.6 Å². The van der Waals surface area contributed by atoms with E-state index in [1.54, 1.807) is 53.7 Å². The predicted molar refractivity (Wildman–Crippen MR) is 149 cm³/mol. The van der Waals surface area contributed by atoms with Gasteiger partial charge in [0.15, 0.2) is 0 Å². The summed E-state index contributed by atoms with van der Waals surface area (Å²) < 4.78 is 27.0. The number of carbonyl (C=O) groups excluding carboxylic acids is 2. The number of anilines is 1. The minimum absolute atomic E-state index is 0.104. The Morgan fingerprint density at radius 3 is 2.21 bits per heavy atom. The van der Waals surface area contributed by atoms with Gasteiger partial charge in [-0.25, -0.2) is 23.5 Å². The molecule has 0 aliphatic rings. The number of ether oxygens (including phenoxy) is 2. The van der Waals surface area contributed by atoms with Gasteiger partial charge in [0, 0.05) is 24.7 Å². The van der Waals surface area contributed by atoms with Gasteiger partial charge in [0.25, 0.3) is 0 Å². The molecule has 2 heterocycles. The maximum absolute atomic E-state index is 15.0. The number of amides is 1. The smallest absolute Gasteiger partial charge is 0.443 e. The zero-order chi connectivity index (χ0) is 29.3. The lowest BCUT2D eigenvalue weighted by Gasteiger charge is -2.28. The Balaban J connectivity index is 2.18. The third kappa shape index (κ3) is 7.56. The van der Waals surface area contributed by atoms with Crippen molar-refractivity contribution in [2.45, 2.75) is 52.7 Å². The standard InChI is InChI=1S/C27H36BFN4O6/c1-26(2,3)38-24(34)32(12-11-31(7)8)19-14-17(13-18(29)15-19)20-9-10-30-23-21(20)16-22(28(36)37)33(23)25(35)39-27(4,5)6/h9-10,13-16,36-37H,11-12H2,1-8H3. The van der Waals surface area contributed by atoms with Crippen molar-refractivity contribution in [1.29, 1.82) is 0 Å². The highest BCUT2D eigenvalue weighted by Crippen LogP contribution is 2.32. The lowest BCUT2D eigenvalue weighted by molar-refractivity contribution is 0.0543. The average Bonchev–Trinajstić information content (AvgIpc) is 3.16. The number of likely N-dealkylation sites (N-methyl/N-ethyl adjacent to an activating group) is 1. The Labute approximate surface area is 228 Å². The van der Waals surface area contributed by atoms with Crippen molar-refractivity contribution < 1.29 is 33.5 Å². The molecule has 0 aliphatic heterocycles. The molecule has 3 aromatic rings. The molecule has 2 N–H and O–H groups in total. The molecule has 3 rings (SSSR count). The number of nitrogens with zero attached hydrogens (tertiary/aromatic N) is 4. The lowest BCUT2D eigenvalue weighted by atomic mass is 9.86. The molecule has 0 bridgehead atoms. The van der Waals surface area contributed by atoms with Gasteiger partial charge in [-0.2, -0.15) is 0 Å². The number of halogens is 1. The van der Waals surface area contributed by atoms with Gasteiger partial charge in [-0.1, -0.05) is 0 Å². The number of pyridine rings is 1. The van der Waals surface area contributed by atoms with Crippen molar-refractivity contribution in [1.82, 2.24) is 14.5 Å². The fourth-order valence-electron chi connectivity index (χ4n) is 3.89. The van der Waals surface area contributed by atoms with Crippen LogP contribution in [0.3, 0.4) is 0 Å². The van der Waals surface area contributed by atoms with Crippen LogP contribution in [0.2, 0.25) is 0 Å². The second-order valence-electron chi connectivity index (χ2n) is 11.5. The minimum atomic E-state index is -2.00. The molecule has 10 nitrogen and oxygen atoms in total. The van der Waals surface area contributed by atoms with Gasteiger partial charge in [-0.3, -0.25) is 4.90 Å². The molecule has 0 unspecified atom stereocenters. The first-order valence-corrected chi connectivity index (χ1v) is 12.5. The molecule has 0 saturated heterocycles. The third-order valence-electron chi connectivity index (χ3n) is 5.46. The molecule has 1 amide bonds. The van der Waals surface area contributed by atoms with E-state index in [4.69, 9.17) is 9.47 Å². The number of fused-ring (bicyclic) bond motifs is 1. The number of carbonyl (C=O) groups is 2. The summed E-state index contributed by atoms with van der Waals surface area (Å²) in [6.07, 6.45) is -0.0403. The van der Waals surface area contributed by atoms with Crippen LogP contribution in [0.15, 0.2) is 36.5 Å². The zero-order valence-electron chi connectivity index (χ0n) is 23.6. The van der Waals surface area contributed by atoms with Gasteiger partial charge in [-0.15, -0.1) is 0 Å². The van der Waals surface area contributed by atoms with Crippen LogP contribution < -0.4 is 10.5 Å². The third-order valence-corrected chi connectivity index (χ3v) is 5.46. The van der Waals surface area contributed by atoms with Gasteiger partial charge < -0.3 is 24.4 Å². The van der Waals surface area contributed by atoms with E-state index >= 15 is 4.39 Å². The van der Waals surface area contributed by atoms with Crippen LogP contribution in [-0.4, -0.2) is 82.2 Å². The van der Waals surface area contributed by atoms with Crippen LogP contribution in [0.1, 0.15) is 41.5 Å². The molecule has 210 valence electrons. The number of hydrogen-bond acceptors (Lipinski definition) is 8. The minimum Gasteiger partial charge on any atom is -0.443 e. The van der Waals surface area contributed by atoms with Crippen LogP contribution in [0.4, 0.5) is 19.7 Å². The number of aromatic nitrogens is 2. The summed E-state index contributed by atoms with van der Waals surface area (Å²) in [5.74, 6) is -0.597. The predicted octanol–water partition coefficient (Wildman–Crippen LogP) is 3.61. The maximum atomic E-state index is 15.0. The van der Waals surface area contributed by atoms with Crippen molar-refractivity contribution in [3.63, 3.8) is 0 Å². The van der Waals surface area contributed by atoms with Crippen LogP contribution >= 0.6 is 0 Å². The Hall–Kier alpha value is -3.48. The zero-order valence-corrected chi connectivity index (χ0v) is 23.6. The molecule has 0 spiro atoms. The summed E-state index contributed by atoms with van der Waals surface area (Å²) in [6, 6.07) is 7.19. The highest BCUT2D eigenvalue weighted by molar-refractivity contribution is 6.59. The van der Waals surface area contributed by atoms with E-state index in [2.05, 4.69) is 4.98 Å². The van der Waals surface area contributed by atoms with Crippen molar-refractivity contribution in [3.05, 3.63) is 42.3 Å². The van der Waals surface area contributed by atoms with E-state index in [0.29, 0.717) is 23.1 Å². The fraction of sp³-hybridized carbons (Fsp3) is 0.444. The summed E-state index contributed by atoms with van der Waals surface area (Å²) >= 11 is 0. The molecule has 0 aliphatic carbocycles. The molecule has 39 heavy (non-hydrogen) atoms. The first-order chi connectivity index (χ1) is 18.0. The summed E-state index contributed by atoms with van der Waals surface area (Å²) in [4.78, 5) is 33.6. The number of rotatable bonds is 6. The van der Waals surface area contributed by atoms with Gasteiger partial charge >= 0.3 is 19.3 Å². The molecule has 0 atom stereocenters. The monoisotopic (exact) mass is 542 g/mol. The highest BCUT2D eigenvalue weighted by Gasteiger charge is 2.29. The number of hydrogen-bond donors (Lipinski definition) is 2. The quantitative estimate of drug-likeness (QED) is 0.454. The van der Waals surface area contributed by atoms with Gasteiger partial charge in [0.1, 0.15) is 22.7 Å². The Bertz CT molecular complexity index is 1360. The van der Waals surface area contributed by atoms with Crippen molar-refractivity contribution >= 4 is 41.6 Å². The van der Waals surface area contributed by atoms with Crippen molar-refractivity contribution in [2.75, 3.05) is 32.1 Å². The van der Waals surface area contributed by atoms with Gasteiger partial charge in [0.2, 0.25) is 0 Å². The van der Waals surface area contributed by atoms with Crippen LogP contribution in [0, 0.1) is 5.82 Å². The van der Waals surface area contributed by atoms with E-state index in [1.165, 1.54) is 29.3 Å². The molecular weight excluding hydrogens is 506 g/mol. The van der Waals surface area contributed by atoms with Crippen molar-refractivity contribution in [3.8, 4) is 11.1 Å². The Morgan fingerprint density at radius 1 is 1.00 bits per heavy atom.